The van der Waals surface area contributed by atoms with Crippen molar-refractivity contribution < 1.29 is 142 Å². The van der Waals surface area contributed by atoms with Gasteiger partial charge in [0.05, 0.1) is 113 Å². The van der Waals surface area contributed by atoms with Crippen LogP contribution in [0.15, 0.2) is 0 Å². The van der Waals surface area contributed by atoms with Crippen LogP contribution in [0.3, 0.4) is 0 Å². The van der Waals surface area contributed by atoms with Gasteiger partial charge in [-0.2, -0.15) is 0 Å². The molecule has 768 valence electrons. The molecule has 0 bridgehead atoms. The summed E-state index contributed by atoms with van der Waals surface area (Å²) in [5.41, 5.74) is -1.11. The average molecular weight is 1840 g/mol. The van der Waals surface area contributed by atoms with Crippen LogP contribution in [0.1, 0.15) is 349 Å². The third kappa shape index (κ3) is 66.3. The first-order valence-electron chi connectivity index (χ1n) is 46.5. The first kappa shape index (κ1) is 136. The van der Waals surface area contributed by atoms with Crippen molar-refractivity contribution in [1.82, 2.24) is 0 Å². The standard InChI is InChI=1S/C10H20O2.C9H18O2.C8H16O2.C8H18O2.C7H14O2.C7H16O2.2C6H12O2.2C6H14O2.2C5H10O2.C5H12O2.C4H8O2.C4H10O2/c1-7-10(6)11-8(2,3)9(4,5)12-10;1-7(2)8(3,4)11-9(5,6)10-7;1-6-9-7(2,3)8(4,5)10-6;1-5-8(4,9-6-2)10-7-3;1-3-7(2)8-5-4-6-9-7;1-5-8-7(3,4)9-6-2;1-6(2)7-4-3-5-8-6;1-3-6(2)7-4-5-8-6;1-5-6(2,7-3)8-4;1-4-7-6(3)8-5-2;1-5(2)6-3-4-7-5;1-5-6-3-2-4-7-5;1-5(2,6-3)7-4;1-4-5-2-3-6-4;1-4(5-2)6-3/h7H2,1-6H3;1-6H3;6H,1-5H3;5-7H2,1-4H3;3-6H2,1-2H3;5-6H2,1-4H3;2*3-5H2,1-2H3;5H2,1-4H3;6H,4-5H2,1-3H3;3-4H2,1-2H3;5H,2-4H2,1H3;1-4H3;4H,2-3H2,1H3;4H,1-3H3. The fourth-order valence-corrected chi connectivity index (χ4v) is 10.9. The van der Waals surface area contributed by atoms with Gasteiger partial charge in [0.1, 0.15) is 0 Å². The van der Waals surface area contributed by atoms with Gasteiger partial charge in [-0.25, -0.2) is 0 Å². The van der Waals surface area contributed by atoms with Crippen LogP contribution in [0.5, 0.6) is 0 Å². The number of hydrogen-bond acceptors (Lipinski definition) is 30. The Morgan fingerprint density at radius 1 is 0.278 bits per heavy atom. The molecule has 0 unspecified atom stereocenters. The normalized spacial score (nSPS) is 22.0. The summed E-state index contributed by atoms with van der Waals surface area (Å²) in [4.78, 5) is 0. The van der Waals surface area contributed by atoms with E-state index in [1.54, 1.807) is 42.7 Å². The SMILES string of the molecule is CC1(C)OC(C)(C)C(C)(C)O1.CC1(C)OCCCO1.CC1(C)OCCO1.CC1OC(C)(C)C(C)(C)O1.CC1OCCCO1.CC1OCCO1.CCC(C)(OC)OC.CCC1(C)OC(C)(C)C(C)(C)O1.CCC1(C)OCCCO1.CCC1(C)OCCO1.CCOC(C)(C)OCC.CCOC(C)(CC)OCC.CCOC(C)OCC.COC(C)(C)OC.COC(C)OC. The lowest BCUT2D eigenvalue weighted by atomic mass is 9.90. The maximum Gasteiger partial charge on any atom is 0.166 e. The van der Waals surface area contributed by atoms with Crippen LogP contribution in [0.25, 0.3) is 0 Å². The lowest BCUT2D eigenvalue weighted by Crippen LogP contribution is -2.41. The van der Waals surface area contributed by atoms with Crippen molar-refractivity contribution in [3.63, 3.8) is 0 Å². The third-order valence-electron chi connectivity index (χ3n) is 21.6. The van der Waals surface area contributed by atoms with Crippen molar-refractivity contribution in [2.24, 2.45) is 0 Å². The molecule has 0 atom stereocenters. The largest absolute Gasteiger partial charge is 0.356 e. The van der Waals surface area contributed by atoms with E-state index >= 15 is 0 Å². The number of ether oxygens (including phenoxy) is 30. The fraction of sp³-hybridized carbons (Fsp3) is 1.00. The molecule has 126 heavy (non-hydrogen) atoms. The van der Waals surface area contributed by atoms with Gasteiger partial charge < -0.3 is 142 Å². The maximum absolute atomic E-state index is 5.88. The number of hydrogen-bond donors (Lipinski definition) is 0. The Hall–Kier alpha value is -1.20. The highest BCUT2D eigenvalue weighted by Crippen LogP contribution is 2.46. The molecule has 0 aromatic carbocycles. The lowest BCUT2D eigenvalue weighted by molar-refractivity contribution is -0.256. The maximum atomic E-state index is 5.88. The molecule has 0 aliphatic carbocycles. The van der Waals surface area contributed by atoms with Crippen molar-refractivity contribution >= 4 is 0 Å². The van der Waals surface area contributed by atoms with Crippen LogP contribution >= 0.6 is 0 Å². The molecule has 9 heterocycles. The summed E-state index contributed by atoms with van der Waals surface area (Å²) in [5.74, 6) is -3.55. The Labute approximate surface area is 772 Å². The fourth-order valence-electron chi connectivity index (χ4n) is 10.9. The minimum Gasteiger partial charge on any atom is -0.356 e. The van der Waals surface area contributed by atoms with Gasteiger partial charge in [0.2, 0.25) is 0 Å². The molecular formula is C96H204O30. The van der Waals surface area contributed by atoms with E-state index in [4.69, 9.17) is 133 Å². The first-order chi connectivity index (χ1) is 57.7. The molecule has 9 saturated heterocycles. The predicted octanol–water partition coefficient (Wildman–Crippen LogP) is 21.2. The zero-order valence-electron chi connectivity index (χ0n) is 90.5. The molecule has 9 rings (SSSR count). The highest BCUT2D eigenvalue weighted by Gasteiger charge is 2.55. The molecule has 0 saturated carbocycles. The second kappa shape index (κ2) is 67.9. The summed E-state index contributed by atoms with van der Waals surface area (Å²) in [6.45, 7) is 99.2. The third-order valence-corrected chi connectivity index (χ3v) is 21.6. The van der Waals surface area contributed by atoms with Crippen molar-refractivity contribution in [1.29, 1.82) is 0 Å². The van der Waals surface area contributed by atoms with Crippen molar-refractivity contribution in [3.05, 3.63) is 0 Å². The van der Waals surface area contributed by atoms with Gasteiger partial charge in [-0.15, -0.1) is 0 Å². The molecule has 0 aromatic heterocycles. The Morgan fingerprint density at radius 3 is 0.714 bits per heavy atom. The highest BCUT2D eigenvalue weighted by atomic mass is 16.8. The van der Waals surface area contributed by atoms with Gasteiger partial charge in [-0.3, -0.25) is 0 Å². The van der Waals surface area contributed by atoms with E-state index in [9.17, 15) is 0 Å². The quantitative estimate of drug-likeness (QED) is 0.0859. The Balaban J connectivity index is -0.000000307. The number of methoxy groups -OCH3 is 6. The van der Waals surface area contributed by atoms with Crippen LogP contribution in [0.2, 0.25) is 0 Å². The molecule has 9 aliphatic rings. The van der Waals surface area contributed by atoms with E-state index in [0.29, 0.717) is 26.4 Å². The molecule has 0 aromatic rings. The molecule has 9 fully saturated rings. The van der Waals surface area contributed by atoms with Gasteiger partial charge in [0.15, 0.2) is 89.3 Å². The van der Waals surface area contributed by atoms with Gasteiger partial charge in [-0.1, -0.05) is 34.6 Å². The smallest absolute Gasteiger partial charge is 0.166 e. The Bertz CT molecular complexity index is 2370. The number of rotatable bonds is 23. The summed E-state index contributed by atoms with van der Waals surface area (Å²) in [6, 6.07) is 0. The van der Waals surface area contributed by atoms with Gasteiger partial charge in [-0.05, 0) is 314 Å². The van der Waals surface area contributed by atoms with E-state index in [-0.39, 0.29) is 99.8 Å². The Kier molecular flexibility index (Phi) is 73.0. The second-order valence-corrected chi connectivity index (χ2v) is 36.2. The molecule has 30 nitrogen and oxygen atoms in total. The first-order valence-corrected chi connectivity index (χ1v) is 46.5. The summed E-state index contributed by atoms with van der Waals surface area (Å²) >= 11 is 0. The van der Waals surface area contributed by atoms with Crippen molar-refractivity contribution in [3.8, 4) is 0 Å². The van der Waals surface area contributed by atoms with Gasteiger partial charge >= 0.3 is 0 Å². The van der Waals surface area contributed by atoms with Crippen LogP contribution in [0, 0.1) is 0 Å². The van der Waals surface area contributed by atoms with E-state index in [1.807, 2.05) is 187 Å². The van der Waals surface area contributed by atoms with Crippen LogP contribution in [-0.4, -0.2) is 285 Å². The van der Waals surface area contributed by atoms with E-state index in [1.165, 1.54) is 0 Å². The van der Waals surface area contributed by atoms with Crippen LogP contribution in [-0.2, 0) is 142 Å². The summed E-state index contributed by atoms with van der Waals surface area (Å²) in [7, 11) is 9.73. The summed E-state index contributed by atoms with van der Waals surface area (Å²) in [6.07, 6.45) is 7.57. The summed E-state index contributed by atoms with van der Waals surface area (Å²) < 4.78 is 157. The van der Waals surface area contributed by atoms with Crippen molar-refractivity contribution in [2.75, 3.05) is 162 Å². The van der Waals surface area contributed by atoms with Crippen LogP contribution in [0.4, 0.5) is 0 Å². The average Bonchev–Trinajstić information content (AvgIpc) is 1.62. The molecular weight excluding hydrogens is 1630 g/mol. The molecule has 0 spiro atoms. The zero-order valence-corrected chi connectivity index (χ0v) is 90.5. The van der Waals surface area contributed by atoms with E-state index in [0.717, 1.165) is 144 Å². The summed E-state index contributed by atoms with van der Waals surface area (Å²) in [5, 5.41) is 0. The minimum atomic E-state index is -0.438. The van der Waals surface area contributed by atoms with Crippen molar-refractivity contribution in [2.45, 2.75) is 472 Å². The molecule has 0 amide bonds. The lowest BCUT2D eigenvalue weighted by Gasteiger charge is -2.32. The van der Waals surface area contributed by atoms with E-state index < -0.39 is 23.1 Å². The molecule has 30 heteroatoms. The molecule has 0 N–H and O–H groups in total. The highest BCUT2D eigenvalue weighted by molar-refractivity contribution is 4.98. The van der Waals surface area contributed by atoms with Gasteiger partial charge in [0, 0.05) is 82.3 Å². The topological polar surface area (TPSA) is 277 Å². The second-order valence-electron chi connectivity index (χ2n) is 36.2. The monoisotopic (exact) mass is 1840 g/mol. The zero-order chi connectivity index (χ0) is 99.5. The predicted molar refractivity (Wildman–Crippen MR) is 499 cm³/mol. The molecule has 9 aliphatic heterocycles. The molecule has 0 radical (unpaired) electrons. The Morgan fingerprint density at radius 2 is 0.556 bits per heavy atom. The van der Waals surface area contributed by atoms with Gasteiger partial charge in [0.25, 0.3) is 0 Å². The van der Waals surface area contributed by atoms with Crippen LogP contribution < -0.4 is 0 Å². The minimum absolute atomic E-state index is 0.0359. The van der Waals surface area contributed by atoms with E-state index in [2.05, 4.69) is 120 Å².